The highest BCUT2D eigenvalue weighted by Crippen LogP contribution is 2.26. The zero-order valence-corrected chi connectivity index (χ0v) is 11.7. The SMILES string of the molecule is Cc1ccc(NC(=O)C2(C)CCCN2)c(Br)c1. The number of hydrogen-bond donors (Lipinski definition) is 2. The first-order valence-corrected chi connectivity index (χ1v) is 6.63. The highest BCUT2D eigenvalue weighted by molar-refractivity contribution is 9.10. The number of amides is 1. The molecule has 1 fully saturated rings. The van der Waals surface area contributed by atoms with Crippen molar-refractivity contribution in [3.8, 4) is 0 Å². The first-order chi connectivity index (χ1) is 8.01. The summed E-state index contributed by atoms with van der Waals surface area (Å²) < 4.78 is 0.924. The molecule has 1 atom stereocenters. The van der Waals surface area contributed by atoms with Crippen LogP contribution in [0.25, 0.3) is 0 Å². The minimum absolute atomic E-state index is 0.0413. The van der Waals surface area contributed by atoms with Crippen LogP contribution in [0, 0.1) is 6.92 Å². The van der Waals surface area contributed by atoms with Crippen LogP contribution in [0.1, 0.15) is 25.3 Å². The molecular weight excluding hydrogens is 280 g/mol. The summed E-state index contributed by atoms with van der Waals surface area (Å²) in [5, 5.41) is 6.23. The lowest BCUT2D eigenvalue weighted by Crippen LogP contribution is -2.48. The van der Waals surface area contributed by atoms with Crippen LogP contribution in [-0.4, -0.2) is 18.0 Å². The summed E-state index contributed by atoms with van der Waals surface area (Å²) in [6.07, 6.45) is 1.95. The molecule has 1 aromatic carbocycles. The quantitative estimate of drug-likeness (QED) is 0.881. The van der Waals surface area contributed by atoms with Gasteiger partial charge in [-0.2, -0.15) is 0 Å². The van der Waals surface area contributed by atoms with E-state index >= 15 is 0 Å². The van der Waals surface area contributed by atoms with Crippen LogP contribution in [0.15, 0.2) is 22.7 Å². The van der Waals surface area contributed by atoms with Crippen molar-refractivity contribution in [3.63, 3.8) is 0 Å². The van der Waals surface area contributed by atoms with E-state index in [1.54, 1.807) is 0 Å². The third-order valence-electron chi connectivity index (χ3n) is 3.24. The van der Waals surface area contributed by atoms with E-state index in [-0.39, 0.29) is 5.91 Å². The van der Waals surface area contributed by atoms with Crippen molar-refractivity contribution < 1.29 is 4.79 Å². The molecule has 0 aromatic heterocycles. The Morgan fingerprint density at radius 3 is 2.88 bits per heavy atom. The molecule has 17 heavy (non-hydrogen) atoms. The second-order valence-electron chi connectivity index (χ2n) is 4.80. The number of anilines is 1. The first-order valence-electron chi connectivity index (χ1n) is 5.84. The molecule has 3 nitrogen and oxygen atoms in total. The lowest BCUT2D eigenvalue weighted by molar-refractivity contribution is -0.121. The van der Waals surface area contributed by atoms with E-state index in [0.29, 0.717) is 0 Å². The van der Waals surface area contributed by atoms with Gasteiger partial charge in [-0.05, 0) is 66.9 Å². The van der Waals surface area contributed by atoms with E-state index in [0.717, 1.165) is 29.5 Å². The molecule has 0 radical (unpaired) electrons. The molecule has 1 unspecified atom stereocenters. The summed E-state index contributed by atoms with van der Waals surface area (Å²) in [6.45, 7) is 4.90. The Balaban J connectivity index is 2.13. The average Bonchev–Trinajstić information content (AvgIpc) is 2.71. The molecule has 0 aliphatic carbocycles. The van der Waals surface area contributed by atoms with Crippen LogP contribution < -0.4 is 10.6 Å². The third-order valence-corrected chi connectivity index (χ3v) is 3.90. The zero-order chi connectivity index (χ0) is 12.5. The molecule has 0 bridgehead atoms. The number of aryl methyl sites for hydroxylation is 1. The van der Waals surface area contributed by atoms with E-state index < -0.39 is 5.54 Å². The smallest absolute Gasteiger partial charge is 0.244 e. The summed E-state index contributed by atoms with van der Waals surface area (Å²) in [4.78, 5) is 12.2. The second-order valence-corrected chi connectivity index (χ2v) is 5.65. The Bertz CT molecular complexity index is 439. The van der Waals surface area contributed by atoms with E-state index in [4.69, 9.17) is 0 Å². The van der Waals surface area contributed by atoms with Gasteiger partial charge in [0.1, 0.15) is 0 Å². The predicted octanol–water partition coefficient (Wildman–Crippen LogP) is 2.84. The highest BCUT2D eigenvalue weighted by Gasteiger charge is 2.35. The fraction of sp³-hybridized carbons (Fsp3) is 0.462. The van der Waals surface area contributed by atoms with Crippen molar-refractivity contribution >= 4 is 27.5 Å². The van der Waals surface area contributed by atoms with Crippen LogP contribution in [0.2, 0.25) is 0 Å². The van der Waals surface area contributed by atoms with E-state index in [9.17, 15) is 4.79 Å². The first kappa shape index (κ1) is 12.6. The number of carbonyl (C=O) groups excluding carboxylic acids is 1. The van der Waals surface area contributed by atoms with Gasteiger partial charge in [-0.15, -0.1) is 0 Å². The molecule has 1 aliphatic heterocycles. The second kappa shape index (κ2) is 4.78. The molecule has 2 N–H and O–H groups in total. The minimum Gasteiger partial charge on any atom is -0.323 e. The lowest BCUT2D eigenvalue weighted by atomic mass is 9.99. The van der Waals surface area contributed by atoms with Crippen LogP contribution in [0.4, 0.5) is 5.69 Å². The molecule has 1 heterocycles. The van der Waals surface area contributed by atoms with Crippen LogP contribution in [-0.2, 0) is 4.79 Å². The standard InChI is InChI=1S/C13H17BrN2O/c1-9-4-5-11(10(14)8-9)16-12(17)13(2)6-3-7-15-13/h4-5,8,15H,3,6-7H2,1-2H3,(H,16,17). The number of rotatable bonds is 2. The van der Waals surface area contributed by atoms with Gasteiger partial charge in [0.05, 0.1) is 11.2 Å². The molecule has 92 valence electrons. The molecule has 0 saturated carbocycles. The van der Waals surface area contributed by atoms with Crippen LogP contribution >= 0.6 is 15.9 Å². The third kappa shape index (κ3) is 2.69. The molecule has 1 aromatic rings. The number of benzene rings is 1. The molecule has 1 saturated heterocycles. The monoisotopic (exact) mass is 296 g/mol. The molecule has 2 rings (SSSR count). The Morgan fingerprint density at radius 2 is 2.29 bits per heavy atom. The van der Waals surface area contributed by atoms with Crippen LogP contribution in [0.5, 0.6) is 0 Å². The molecule has 4 heteroatoms. The topological polar surface area (TPSA) is 41.1 Å². The van der Waals surface area contributed by atoms with Crippen molar-refractivity contribution in [3.05, 3.63) is 28.2 Å². The fourth-order valence-corrected chi connectivity index (χ4v) is 2.66. The van der Waals surface area contributed by atoms with Gasteiger partial charge in [0.25, 0.3) is 0 Å². The van der Waals surface area contributed by atoms with Gasteiger partial charge in [-0.25, -0.2) is 0 Å². The average molecular weight is 297 g/mol. The summed E-state index contributed by atoms with van der Waals surface area (Å²) in [5.41, 5.74) is 1.57. The molecule has 0 spiro atoms. The maximum atomic E-state index is 12.2. The summed E-state index contributed by atoms with van der Waals surface area (Å²) in [5.74, 6) is 0.0413. The van der Waals surface area contributed by atoms with Crippen molar-refractivity contribution in [2.24, 2.45) is 0 Å². The maximum absolute atomic E-state index is 12.2. The van der Waals surface area contributed by atoms with Gasteiger partial charge >= 0.3 is 0 Å². The Kier molecular flexibility index (Phi) is 3.54. The summed E-state index contributed by atoms with van der Waals surface area (Å²) in [6, 6.07) is 5.92. The number of carbonyl (C=O) groups is 1. The molecule has 1 aliphatic rings. The van der Waals surface area contributed by atoms with Gasteiger partial charge in [0, 0.05) is 4.47 Å². The summed E-state index contributed by atoms with van der Waals surface area (Å²) in [7, 11) is 0. The van der Waals surface area contributed by atoms with Crippen molar-refractivity contribution in [2.75, 3.05) is 11.9 Å². The van der Waals surface area contributed by atoms with Crippen molar-refractivity contribution in [1.29, 1.82) is 0 Å². The van der Waals surface area contributed by atoms with E-state index in [1.165, 1.54) is 5.56 Å². The van der Waals surface area contributed by atoms with Crippen molar-refractivity contribution in [1.82, 2.24) is 5.32 Å². The van der Waals surface area contributed by atoms with E-state index in [1.807, 2.05) is 32.0 Å². The van der Waals surface area contributed by atoms with Crippen molar-refractivity contribution in [2.45, 2.75) is 32.2 Å². The zero-order valence-electron chi connectivity index (χ0n) is 10.1. The van der Waals surface area contributed by atoms with Gasteiger partial charge in [-0.3, -0.25) is 4.79 Å². The fourth-order valence-electron chi connectivity index (χ4n) is 2.07. The molecular formula is C13H17BrN2O. The Labute approximate surface area is 110 Å². The minimum atomic E-state index is -0.426. The summed E-state index contributed by atoms with van der Waals surface area (Å²) >= 11 is 3.47. The number of hydrogen-bond acceptors (Lipinski definition) is 2. The normalized spacial score (nSPS) is 23.7. The van der Waals surface area contributed by atoms with Gasteiger partial charge in [0.2, 0.25) is 5.91 Å². The van der Waals surface area contributed by atoms with Gasteiger partial charge < -0.3 is 10.6 Å². The largest absolute Gasteiger partial charge is 0.323 e. The lowest BCUT2D eigenvalue weighted by Gasteiger charge is -2.23. The number of nitrogens with one attached hydrogen (secondary N) is 2. The maximum Gasteiger partial charge on any atom is 0.244 e. The van der Waals surface area contributed by atoms with Crippen LogP contribution in [0.3, 0.4) is 0 Å². The Hall–Kier alpha value is -0.870. The Morgan fingerprint density at radius 1 is 1.53 bits per heavy atom. The van der Waals surface area contributed by atoms with Gasteiger partial charge in [-0.1, -0.05) is 6.07 Å². The van der Waals surface area contributed by atoms with E-state index in [2.05, 4.69) is 26.6 Å². The number of halogens is 1. The highest BCUT2D eigenvalue weighted by atomic mass is 79.9. The predicted molar refractivity (Wildman–Crippen MR) is 73.2 cm³/mol. The van der Waals surface area contributed by atoms with Gasteiger partial charge in [0.15, 0.2) is 0 Å². The molecule has 1 amide bonds.